The van der Waals surface area contributed by atoms with Gasteiger partial charge in [0.15, 0.2) is 0 Å². The highest BCUT2D eigenvalue weighted by atomic mass is 35.5. The number of aromatic nitrogens is 2. The standard InChI is InChI=1S/C18H23ClN4O.ClH/c1-13(14-5-3-6-15(19)11-14)22(2)18(24)17-8-10-23(21-17)16-7-4-9-20-12-16;/h3,5-6,8,10-11,13,16,20H,4,7,9,12H2,1-2H3;1H. The molecule has 1 fully saturated rings. The molecule has 1 aliphatic heterocycles. The van der Waals surface area contributed by atoms with Gasteiger partial charge in [0.05, 0.1) is 12.1 Å². The van der Waals surface area contributed by atoms with E-state index in [4.69, 9.17) is 11.6 Å². The van der Waals surface area contributed by atoms with Crippen LogP contribution in [0.2, 0.25) is 5.02 Å². The Bertz CT molecular complexity index is 713. The smallest absolute Gasteiger partial charge is 0.274 e. The summed E-state index contributed by atoms with van der Waals surface area (Å²) >= 11 is 6.05. The van der Waals surface area contributed by atoms with Gasteiger partial charge in [0.25, 0.3) is 5.91 Å². The Labute approximate surface area is 159 Å². The zero-order valence-electron chi connectivity index (χ0n) is 14.5. The van der Waals surface area contributed by atoms with Crippen molar-refractivity contribution in [2.24, 2.45) is 0 Å². The van der Waals surface area contributed by atoms with Crippen molar-refractivity contribution in [3.8, 4) is 0 Å². The maximum absolute atomic E-state index is 12.7. The summed E-state index contributed by atoms with van der Waals surface area (Å²) < 4.78 is 1.91. The third-order valence-electron chi connectivity index (χ3n) is 4.70. The monoisotopic (exact) mass is 382 g/mol. The van der Waals surface area contributed by atoms with E-state index in [1.807, 2.05) is 42.1 Å². The molecule has 0 spiro atoms. The summed E-state index contributed by atoms with van der Waals surface area (Å²) in [6.45, 7) is 3.96. The molecule has 0 radical (unpaired) electrons. The van der Waals surface area contributed by atoms with Crippen molar-refractivity contribution in [1.82, 2.24) is 20.0 Å². The molecule has 2 aromatic rings. The molecular formula is C18H24Cl2N4O. The summed E-state index contributed by atoms with van der Waals surface area (Å²) in [5.41, 5.74) is 1.49. The van der Waals surface area contributed by atoms with Gasteiger partial charge in [-0.15, -0.1) is 12.4 Å². The van der Waals surface area contributed by atoms with Gasteiger partial charge in [-0.25, -0.2) is 0 Å². The minimum absolute atomic E-state index is 0. The van der Waals surface area contributed by atoms with Crippen molar-refractivity contribution in [2.45, 2.75) is 31.8 Å². The molecule has 5 nitrogen and oxygen atoms in total. The average molecular weight is 383 g/mol. The molecule has 2 unspecified atom stereocenters. The van der Waals surface area contributed by atoms with E-state index in [2.05, 4.69) is 10.4 Å². The largest absolute Gasteiger partial charge is 0.334 e. The summed E-state index contributed by atoms with van der Waals surface area (Å²) in [7, 11) is 1.80. The molecule has 2 atom stereocenters. The van der Waals surface area contributed by atoms with Crippen LogP contribution in [0.5, 0.6) is 0 Å². The number of rotatable bonds is 4. The zero-order valence-corrected chi connectivity index (χ0v) is 16.1. The van der Waals surface area contributed by atoms with Gasteiger partial charge in [0, 0.05) is 24.8 Å². The number of piperidine rings is 1. The first kappa shape index (κ1) is 19.8. The van der Waals surface area contributed by atoms with Crippen molar-refractivity contribution in [3.05, 3.63) is 52.8 Å². The van der Waals surface area contributed by atoms with Gasteiger partial charge < -0.3 is 10.2 Å². The third kappa shape index (κ3) is 4.54. The lowest BCUT2D eigenvalue weighted by Gasteiger charge is -2.25. The Morgan fingerprint density at radius 2 is 2.24 bits per heavy atom. The van der Waals surface area contributed by atoms with Crippen LogP contribution in [-0.4, -0.2) is 40.7 Å². The van der Waals surface area contributed by atoms with Gasteiger partial charge >= 0.3 is 0 Å². The lowest BCUT2D eigenvalue weighted by Crippen LogP contribution is -2.33. The second kappa shape index (κ2) is 8.70. The Kier molecular flexibility index (Phi) is 6.87. The Morgan fingerprint density at radius 1 is 1.44 bits per heavy atom. The van der Waals surface area contributed by atoms with E-state index in [-0.39, 0.29) is 24.4 Å². The second-order valence-corrected chi connectivity index (χ2v) is 6.76. The number of carbonyl (C=O) groups is 1. The van der Waals surface area contributed by atoms with Crippen molar-refractivity contribution in [1.29, 1.82) is 0 Å². The molecule has 1 aromatic heterocycles. The number of carbonyl (C=O) groups excluding carboxylic acids is 1. The zero-order chi connectivity index (χ0) is 17.1. The SMILES string of the molecule is CC(c1cccc(Cl)c1)N(C)C(=O)c1ccn(C2CCCNC2)n1.Cl. The fourth-order valence-corrected chi connectivity index (χ4v) is 3.26. The lowest BCUT2D eigenvalue weighted by molar-refractivity contribution is 0.0735. The molecule has 0 bridgehead atoms. The van der Waals surface area contributed by atoms with Crippen LogP contribution in [0.15, 0.2) is 36.5 Å². The number of hydrogen-bond acceptors (Lipinski definition) is 3. The molecule has 2 heterocycles. The van der Waals surface area contributed by atoms with Gasteiger partial charge in [-0.05, 0) is 50.1 Å². The molecule has 136 valence electrons. The molecular weight excluding hydrogens is 359 g/mol. The van der Waals surface area contributed by atoms with Crippen molar-refractivity contribution in [3.63, 3.8) is 0 Å². The Morgan fingerprint density at radius 3 is 2.92 bits per heavy atom. The number of amides is 1. The molecule has 1 amide bonds. The molecule has 3 rings (SSSR count). The van der Waals surface area contributed by atoms with E-state index in [0.717, 1.165) is 31.5 Å². The minimum Gasteiger partial charge on any atom is -0.334 e. The van der Waals surface area contributed by atoms with Crippen LogP contribution in [-0.2, 0) is 0 Å². The van der Waals surface area contributed by atoms with E-state index in [0.29, 0.717) is 16.8 Å². The molecule has 1 aliphatic rings. The second-order valence-electron chi connectivity index (χ2n) is 6.33. The van der Waals surface area contributed by atoms with Crippen LogP contribution in [0.1, 0.15) is 47.9 Å². The van der Waals surface area contributed by atoms with E-state index in [1.165, 1.54) is 0 Å². The maximum atomic E-state index is 12.7. The number of benzene rings is 1. The summed E-state index contributed by atoms with van der Waals surface area (Å²) in [5.74, 6) is -0.0787. The van der Waals surface area contributed by atoms with Crippen LogP contribution in [0, 0.1) is 0 Å². The molecule has 1 aromatic carbocycles. The van der Waals surface area contributed by atoms with E-state index >= 15 is 0 Å². The molecule has 25 heavy (non-hydrogen) atoms. The van der Waals surface area contributed by atoms with Crippen LogP contribution in [0.3, 0.4) is 0 Å². The van der Waals surface area contributed by atoms with Crippen LogP contribution in [0.4, 0.5) is 0 Å². The van der Waals surface area contributed by atoms with Gasteiger partial charge in [-0.2, -0.15) is 5.10 Å². The van der Waals surface area contributed by atoms with Crippen molar-refractivity contribution in [2.75, 3.05) is 20.1 Å². The van der Waals surface area contributed by atoms with E-state index < -0.39 is 0 Å². The van der Waals surface area contributed by atoms with Gasteiger partial charge in [0.2, 0.25) is 0 Å². The van der Waals surface area contributed by atoms with E-state index in [9.17, 15) is 4.79 Å². The minimum atomic E-state index is -0.0787. The molecule has 1 saturated heterocycles. The summed E-state index contributed by atoms with van der Waals surface area (Å²) in [6, 6.07) is 9.66. The highest BCUT2D eigenvalue weighted by molar-refractivity contribution is 6.30. The molecule has 1 N–H and O–H groups in total. The fourth-order valence-electron chi connectivity index (χ4n) is 3.06. The first-order valence-corrected chi connectivity index (χ1v) is 8.72. The number of hydrogen-bond donors (Lipinski definition) is 1. The quantitative estimate of drug-likeness (QED) is 0.876. The molecule has 0 saturated carbocycles. The summed E-state index contributed by atoms with van der Waals surface area (Å²) in [5, 5.41) is 8.55. The van der Waals surface area contributed by atoms with Crippen LogP contribution in [0.25, 0.3) is 0 Å². The lowest BCUT2D eigenvalue weighted by atomic mass is 10.1. The predicted molar refractivity (Wildman–Crippen MR) is 103 cm³/mol. The summed E-state index contributed by atoms with van der Waals surface area (Å²) in [4.78, 5) is 14.4. The van der Waals surface area contributed by atoms with Gasteiger partial charge in [0.1, 0.15) is 5.69 Å². The maximum Gasteiger partial charge on any atom is 0.274 e. The summed E-state index contributed by atoms with van der Waals surface area (Å²) in [6.07, 6.45) is 4.14. The first-order chi connectivity index (χ1) is 11.6. The Hall–Kier alpha value is -1.56. The highest BCUT2D eigenvalue weighted by Crippen LogP contribution is 2.23. The average Bonchev–Trinajstić information content (AvgIpc) is 3.10. The topological polar surface area (TPSA) is 50.2 Å². The third-order valence-corrected chi connectivity index (χ3v) is 4.94. The number of halogens is 2. The number of nitrogens with one attached hydrogen (secondary N) is 1. The Balaban J connectivity index is 0.00000225. The highest BCUT2D eigenvalue weighted by Gasteiger charge is 2.23. The first-order valence-electron chi connectivity index (χ1n) is 8.35. The molecule has 7 heteroatoms. The number of nitrogens with zero attached hydrogens (tertiary/aromatic N) is 3. The van der Waals surface area contributed by atoms with Crippen LogP contribution >= 0.6 is 24.0 Å². The molecule has 0 aliphatic carbocycles. The normalized spacial score (nSPS) is 18.3. The predicted octanol–water partition coefficient (Wildman–Crippen LogP) is 3.72. The van der Waals surface area contributed by atoms with Crippen molar-refractivity contribution >= 4 is 29.9 Å². The fraction of sp³-hybridized carbons (Fsp3) is 0.444. The van der Waals surface area contributed by atoms with E-state index in [1.54, 1.807) is 18.0 Å². The van der Waals surface area contributed by atoms with Gasteiger partial charge in [-0.1, -0.05) is 23.7 Å². The van der Waals surface area contributed by atoms with Gasteiger partial charge in [-0.3, -0.25) is 9.48 Å². The van der Waals surface area contributed by atoms with Crippen molar-refractivity contribution < 1.29 is 4.79 Å². The van der Waals surface area contributed by atoms with Crippen LogP contribution < -0.4 is 5.32 Å².